The van der Waals surface area contributed by atoms with Gasteiger partial charge in [0.15, 0.2) is 0 Å². The average molecular weight is 273 g/mol. The Morgan fingerprint density at radius 3 is 2.85 bits per heavy atom. The van der Waals surface area contributed by atoms with Crippen molar-refractivity contribution < 1.29 is 9.90 Å². The number of benzene rings is 1. The summed E-state index contributed by atoms with van der Waals surface area (Å²) in [4.78, 5) is 13.8. The standard InChI is InChI=1S/C17H23NO2/c1-17(16(19)20)9-2-3-10-18(17)12-13-7-8-14-5-4-6-15(14)11-13/h7-8,11H,2-6,9-10,12H2,1H3,(H,19,20). The quantitative estimate of drug-likeness (QED) is 0.920. The van der Waals surface area contributed by atoms with Gasteiger partial charge in [-0.25, -0.2) is 0 Å². The van der Waals surface area contributed by atoms with Crippen molar-refractivity contribution in [3.05, 3.63) is 34.9 Å². The van der Waals surface area contributed by atoms with Crippen molar-refractivity contribution in [1.29, 1.82) is 0 Å². The summed E-state index contributed by atoms with van der Waals surface area (Å²) in [6.45, 7) is 3.53. The summed E-state index contributed by atoms with van der Waals surface area (Å²) in [5.74, 6) is -0.682. The summed E-state index contributed by atoms with van der Waals surface area (Å²) >= 11 is 0. The molecule has 1 N–H and O–H groups in total. The second-order valence-electron chi connectivity index (χ2n) is 6.41. The summed E-state index contributed by atoms with van der Waals surface area (Å²) < 4.78 is 0. The van der Waals surface area contributed by atoms with Gasteiger partial charge >= 0.3 is 5.97 Å². The van der Waals surface area contributed by atoms with Crippen LogP contribution in [0.2, 0.25) is 0 Å². The first kappa shape index (κ1) is 13.6. The topological polar surface area (TPSA) is 40.5 Å². The van der Waals surface area contributed by atoms with Crippen LogP contribution in [0.3, 0.4) is 0 Å². The van der Waals surface area contributed by atoms with Gasteiger partial charge in [-0.05, 0) is 68.7 Å². The lowest BCUT2D eigenvalue weighted by Crippen LogP contribution is -2.54. The largest absolute Gasteiger partial charge is 0.480 e. The highest BCUT2D eigenvalue weighted by molar-refractivity contribution is 5.78. The maximum atomic E-state index is 11.6. The van der Waals surface area contributed by atoms with Crippen molar-refractivity contribution in [3.63, 3.8) is 0 Å². The summed E-state index contributed by atoms with van der Waals surface area (Å²) in [6, 6.07) is 6.71. The molecule has 1 atom stereocenters. The van der Waals surface area contributed by atoms with Crippen LogP contribution in [0, 0.1) is 0 Å². The van der Waals surface area contributed by atoms with Crippen molar-refractivity contribution in [3.8, 4) is 0 Å². The molecule has 1 unspecified atom stereocenters. The highest BCUT2D eigenvalue weighted by atomic mass is 16.4. The molecule has 1 aliphatic carbocycles. The van der Waals surface area contributed by atoms with Crippen LogP contribution in [0.4, 0.5) is 0 Å². The Labute approximate surface area is 120 Å². The van der Waals surface area contributed by atoms with E-state index < -0.39 is 11.5 Å². The van der Waals surface area contributed by atoms with Gasteiger partial charge in [0.05, 0.1) is 0 Å². The number of nitrogens with zero attached hydrogens (tertiary/aromatic N) is 1. The zero-order valence-electron chi connectivity index (χ0n) is 12.2. The van der Waals surface area contributed by atoms with Crippen LogP contribution >= 0.6 is 0 Å². The third kappa shape index (κ3) is 2.35. The lowest BCUT2D eigenvalue weighted by Gasteiger charge is -2.41. The molecule has 108 valence electrons. The normalized spacial score (nSPS) is 26.4. The molecule has 0 aromatic heterocycles. The van der Waals surface area contributed by atoms with Crippen LogP contribution < -0.4 is 0 Å². The number of carbonyl (C=O) groups is 1. The fourth-order valence-corrected chi connectivity index (χ4v) is 3.62. The molecule has 3 heteroatoms. The number of fused-ring (bicyclic) bond motifs is 1. The molecule has 0 spiro atoms. The van der Waals surface area contributed by atoms with E-state index in [4.69, 9.17) is 0 Å². The van der Waals surface area contributed by atoms with Gasteiger partial charge in [-0.3, -0.25) is 9.69 Å². The maximum absolute atomic E-state index is 11.6. The molecule has 1 heterocycles. The molecule has 0 radical (unpaired) electrons. The lowest BCUT2D eigenvalue weighted by molar-refractivity contribution is -0.153. The van der Waals surface area contributed by atoms with Gasteiger partial charge in [-0.2, -0.15) is 0 Å². The molecule has 20 heavy (non-hydrogen) atoms. The first-order chi connectivity index (χ1) is 9.59. The molecule has 0 saturated carbocycles. The van der Waals surface area contributed by atoms with Gasteiger partial charge in [0.1, 0.15) is 5.54 Å². The Morgan fingerprint density at radius 2 is 2.05 bits per heavy atom. The molecule has 2 aliphatic rings. The van der Waals surface area contributed by atoms with Gasteiger partial charge in [-0.1, -0.05) is 18.2 Å². The van der Waals surface area contributed by atoms with E-state index >= 15 is 0 Å². The van der Waals surface area contributed by atoms with Crippen molar-refractivity contribution in [2.45, 2.75) is 57.5 Å². The predicted molar refractivity (Wildman–Crippen MR) is 78.8 cm³/mol. The van der Waals surface area contributed by atoms with Crippen LogP contribution in [-0.2, 0) is 24.2 Å². The van der Waals surface area contributed by atoms with Crippen molar-refractivity contribution in [2.75, 3.05) is 6.54 Å². The molecule has 1 aromatic carbocycles. The van der Waals surface area contributed by atoms with Gasteiger partial charge in [-0.15, -0.1) is 0 Å². The summed E-state index contributed by atoms with van der Waals surface area (Å²) in [7, 11) is 0. The first-order valence-electron chi connectivity index (χ1n) is 7.69. The summed E-state index contributed by atoms with van der Waals surface area (Å²) in [5.41, 5.74) is 3.52. The van der Waals surface area contributed by atoms with Crippen molar-refractivity contribution in [2.24, 2.45) is 0 Å². The number of carboxylic acid groups (broad SMARTS) is 1. The highest BCUT2D eigenvalue weighted by Gasteiger charge is 2.41. The number of likely N-dealkylation sites (tertiary alicyclic amines) is 1. The van der Waals surface area contributed by atoms with E-state index in [0.29, 0.717) is 0 Å². The zero-order valence-corrected chi connectivity index (χ0v) is 12.2. The van der Waals surface area contributed by atoms with Crippen molar-refractivity contribution >= 4 is 5.97 Å². The second-order valence-corrected chi connectivity index (χ2v) is 6.41. The second kappa shape index (κ2) is 5.21. The Morgan fingerprint density at radius 1 is 1.25 bits per heavy atom. The molecule has 1 fully saturated rings. The Bertz CT molecular complexity index is 526. The third-order valence-electron chi connectivity index (χ3n) is 5.04. The Balaban J connectivity index is 1.80. The monoisotopic (exact) mass is 273 g/mol. The van der Waals surface area contributed by atoms with E-state index in [1.807, 2.05) is 6.92 Å². The summed E-state index contributed by atoms with van der Waals surface area (Å²) in [5, 5.41) is 9.56. The maximum Gasteiger partial charge on any atom is 0.323 e. The van der Waals surface area contributed by atoms with E-state index in [1.165, 1.54) is 36.0 Å². The van der Waals surface area contributed by atoms with Gasteiger partial charge in [0.2, 0.25) is 0 Å². The fourth-order valence-electron chi connectivity index (χ4n) is 3.62. The first-order valence-corrected chi connectivity index (χ1v) is 7.69. The van der Waals surface area contributed by atoms with Crippen LogP contribution in [0.1, 0.15) is 49.3 Å². The van der Waals surface area contributed by atoms with E-state index in [0.717, 1.165) is 32.4 Å². The Hall–Kier alpha value is -1.35. The van der Waals surface area contributed by atoms with Crippen LogP contribution in [0.15, 0.2) is 18.2 Å². The van der Waals surface area contributed by atoms with E-state index in [2.05, 4.69) is 23.1 Å². The average Bonchev–Trinajstić information content (AvgIpc) is 2.89. The molecular weight excluding hydrogens is 250 g/mol. The zero-order chi connectivity index (χ0) is 14.2. The van der Waals surface area contributed by atoms with Gasteiger partial charge in [0, 0.05) is 6.54 Å². The summed E-state index contributed by atoms with van der Waals surface area (Å²) in [6.07, 6.45) is 6.52. The number of aryl methyl sites for hydroxylation is 2. The Kier molecular flexibility index (Phi) is 3.55. The van der Waals surface area contributed by atoms with Gasteiger partial charge in [0.25, 0.3) is 0 Å². The smallest absolute Gasteiger partial charge is 0.323 e. The molecule has 1 aromatic rings. The molecule has 3 nitrogen and oxygen atoms in total. The van der Waals surface area contributed by atoms with E-state index in [-0.39, 0.29) is 0 Å². The SMILES string of the molecule is CC1(C(=O)O)CCCCN1Cc1ccc2c(c1)CCC2. The van der Waals surface area contributed by atoms with Gasteiger partial charge < -0.3 is 5.11 Å². The van der Waals surface area contributed by atoms with Crippen LogP contribution in [-0.4, -0.2) is 28.1 Å². The minimum atomic E-state index is -0.697. The lowest BCUT2D eigenvalue weighted by atomic mass is 9.88. The molecule has 1 saturated heterocycles. The molecular formula is C17H23NO2. The van der Waals surface area contributed by atoms with E-state index in [1.54, 1.807) is 0 Å². The van der Waals surface area contributed by atoms with E-state index in [9.17, 15) is 9.90 Å². The number of aliphatic carboxylic acids is 1. The fraction of sp³-hybridized carbons (Fsp3) is 0.588. The number of rotatable bonds is 3. The van der Waals surface area contributed by atoms with Crippen LogP contribution in [0.5, 0.6) is 0 Å². The highest BCUT2D eigenvalue weighted by Crippen LogP contribution is 2.31. The predicted octanol–water partition coefficient (Wildman–Crippen LogP) is 3.00. The minimum absolute atomic E-state index is 0.682. The number of carboxylic acids is 1. The minimum Gasteiger partial charge on any atom is -0.480 e. The van der Waals surface area contributed by atoms with Crippen molar-refractivity contribution in [1.82, 2.24) is 4.90 Å². The number of hydrogen-bond acceptors (Lipinski definition) is 2. The molecule has 3 rings (SSSR count). The molecule has 0 amide bonds. The number of hydrogen-bond donors (Lipinski definition) is 1. The molecule has 0 bridgehead atoms. The third-order valence-corrected chi connectivity index (χ3v) is 5.04. The van der Waals surface area contributed by atoms with Crippen LogP contribution in [0.25, 0.3) is 0 Å². The number of piperidine rings is 1. The molecule has 1 aliphatic heterocycles.